The molecule has 2 rings (SSSR count). The second-order valence-electron chi connectivity index (χ2n) is 5.57. The first-order chi connectivity index (χ1) is 10.9. The van der Waals surface area contributed by atoms with Gasteiger partial charge in [0, 0.05) is 0 Å². The third-order valence-electron chi connectivity index (χ3n) is 3.70. The minimum absolute atomic E-state index is 0.760. The van der Waals surface area contributed by atoms with Crippen molar-refractivity contribution in [1.82, 2.24) is 0 Å². The van der Waals surface area contributed by atoms with Crippen molar-refractivity contribution in [3.63, 3.8) is 0 Å². The van der Waals surface area contributed by atoms with E-state index in [9.17, 15) is 0 Å². The minimum atomic E-state index is 0.760. The van der Waals surface area contributed by atoms with Gasteiger partial charge in [-0.1, -0.05) is 75.4 Å². The third-order valence-corrected chi connectivity index (χ3v) is 3.70. The molecule has 0 radical (unpaired) electrons. The summed E-state index contributed by atoms with van der Waals surface area (Å²) < 4.78 is 0. The van der Waals surface area contributed by atoms with Crippen LogP contribution in [0.2, 0.25) is 0 Å². The van der Waals surface area contributed by atoms with Gasteiger partial charge >= 0.3 is 0 Å². The van der Waals surface area contributed by atoms with E-state index in [1.165, 1.54) is 32.1 Å². The minimum Gasteiger partial charge on any atom is -0.269 e. The lowest BCUT2D eigenvalue weighted by Crippen LogP contribution is -2.18. The molecule has 0 heterocycles. The van der Waals surface area contributed by atoms with E-state index in [0.29, 0.717) is 0 Å². The molecule has 0 aliphatic rings. The Morgan fingerprint density at radius 1 is 0.682 bits per heavy atom. The summed E-state index contributed by atoms with van der Waals surface area (Å²) in [6, 6.07) is 20.5. The molecule has 118 valence electrons. The summed E-state index contributed by atoms with van der Waals surface area (Å²) in [5, 5.41) is 1.94. The van der Waals surface area contributed by atoms with Gasteiger partial charge in [-0.3, -0.25) is 4.84 Å². The van der Waals surface area contributed by atoms with E-state index in [1.54, 1.807) is 0 Å². The van der Waals surface area contributed by atoms with Gasteiger partial charge in [-0.2, -0.15) is 0 Å². The Labute approximate surface area is 134 Å². The maximum Gasteiger partial charge on any atom is 0.0753 e. The van der Waals surface area contributed by atoms with Gasteiger partial charge in [0.2, 0.25) is 0 Å². The molecule has 0 atom stereocenters. The Kier molecular flexibility index (Phi) is 7.54. The van der Waals surface area contributed by atoms with Crippen molar-refractivity contribution < 1.29 is 4.84 Å². The second-order valence-corrected chi connectivity index (χ2v) is 5.57. The molecule has 0 aliphatic heterocycles. The molecule has 0 spiro atoms. The highest BCUT2D eigenvalue weighted by Gasteiger charge is 2.09. The van der Waals surface area contributed by atoms with E-state index in [4.69, 9.17) is 4.84 Å². The van der Waals surface area contributed by atoms with E-state index in [1.807, 2.05) is 41.5 Å². The SMILES string of the molecule is CCCCCCCCON(c1ccccc1)c1ccccc1. The van der Waals surface area contributed by atoms with Crippen LogP contribution in [0.5, 0.6) is 0 Å². The molecule has 0 saturated carbocycles. The van der Waals surface area contributed by atoms with E-state index >= 15 is 0 Å². The predicted octanol–water partition coefficient (Wildman–Crippen LogP) is 6.12. The zero-order valence-electron chi connectivity index (χ0n) is 13.6. The maximum atomic E-state index is 6.05. The lowest BCUT2D eigenvalue weighted by Gasteiger charge is -2.24. The molecular formula is C20H27NO. The Hall–Kier alpha value is -1.80. The highest BCUT2D eigenvalue weighted by atomic mass is 16.7. The predicted molar refractivity (Wildman–Crippen MR) is 94.4 cm³/mol. The van der Waals surface area contributed by atoms with Gasteiger partial charge in [0.25, 0.3) is 0 Å². The molecule has 0 saturated heterocycles. The molecule has 2 aromatic carbocycles. The Morgan fingerprint density at radius 3 is 1.73 bits per heavy atom. The number of hydrogen-bond acceptors (Lipinski definition) is 2. The van der Waals surface area contributed by atoms with Crippen molar-refractivity contribution in [3.8, 4) is 0 Å². The van der Waals surface area contributed by atoms with Crippen molar-refractivity contribution in [2.24, 2.45) is 0 Å². The summed E-state index contributed by atoms with van der Waals surface area (Å²) in [4.78, 5) is 6.05. The van der Waals surface area contributed by atoms with Crippen LogP contribution in [0.4, 0.5) is 11.4 Å². The van der Waals surface area contributed by atoms with Crippen LogP contribution in [0.1, 0.15) is 45.4 Å². The molecular weight excluding hydrogens is 270 g/mol. The van der Waals surface area contributed by atoms with Crippen LogP contribution in [-0.4, -0.2) is 6.61 Å². The van der Waals surface area contributed by atoms with Crippen LogP contribution >= 0.6 is 0 Å². The molecule has 0 aliphatic carbocycles. The molecule has 2 nitrogen and oxygen atoms in total. The maximum absolute atomic E-state index is 6.05. The molecule has 0 N–H and O–H groups in total. The average Bonchev–Trinajstić information content (AvgIpc) is 2.59. The van der Waals surface area contributed by atoms with Crippen molar-refractivity contribution in [2.45, 2.75) is 45.4 Å². The van der Waals surface area contributed by atoms with Gasteiger partial charge in [0.1, 0.15) is 0 Å². The van der Waals surface area contributed by atoms with Crippen LogP contribution in [0.25, 0.3) is 0 Å². The van der Waals surface area contributed by atoms with Crippen molar-refractivity contribution in [2.75, 3.05) is 11.7 Å². The fourth-order valence-electron chi connectivity index (χ4n) is 2.46. The van der Waals surface area contributed by atoms with Gasteiger partial charge in [-0.05, 0) is 30.7 Å². The van der Waals surface area contributed by atoms with Crippen LogP contribution in [-0.2, 0) is 4.84 Å². The number of rotatable bonds is 10. The highest BCUT2D eigenvalue weighted by molar-refractivity contribution is 5.59. The number of unbranched alkanes of at least 4 members (excludes halogenated alkanes) is 5. The lowest BCUT2D eigenvalue weighted by atomic mass is 10.1. The number of anilines is 2. The van der Waals surface area contributed by atoms with Crippen LogP contribution in [0.15, 0.2) is 60.7 Å². The molecule has 2 heteroatoms. The van der Waals surface area contributed by atoms with Gasteiger partial charge in [0.15, 0.2) is 0 Å². The quantitative estimate of drug-likeness (QED) is 0.387. The van der Waals surface area contributed by atoms with Gasteiger partial charge in [0.05, 0.1) is 18.0 Å². The molecule has 0 unspecified atom stereocenters. The summed E-state index contributed by atoms with van der Waals surface area (Å²) in [6.07, 6.45) is 7.66. The fourth-order valence-corrected chi connectivity index (χ4v) is 2.46. The third kappa shape index (κ3) is 5.53. The van der Waals surface area contributed by atoms with Crippen LogP contribution < -0.4 is 5.06 Å². The van der Waals surface area contributed by atoms with Crippen molar-refractivity contribution >= 4 is 11.4 Å². The molecule has 0 bridgehead atoms. The van der Waals surface area contributed by atoms with Crippen molar-refractivity contribution in [1.29, 1.82) is 0 Å². The summed E-state index contributed by atoms with van der Waals surface area (Å²) in [5.41, 5.74) is 2.14. The Morgan fingerprint density at radius 2 is 1.18 bits per heavy atom. The Bertz CT molecular complexity index is 458. The normalized spacial score (nSPS) is 10.6. The monoisotopic (exact) mass is 297 g/mol. The number of benzene rings is 2. The number of nitrogens with zero attached hydrogens (tertiary/aromatic N) is 1. The standard InChI is InChI=1S/C20H27NO/c1-2-3-4-5-6-13-18-22-21(19-14-9-7-10-15-19)20-16-11-8-12-17-20/h7-12,14-17H,2-6,13,18H2,1H3. The first-order valence-corrected chi connectivity index (χ1v) is 8.45. The average molecular weight is 297 g/mol. The summed E-state index contributed by atoms with van der Waals surface area (Å²) >= 11 is 0. The van der Waals surface area contributed by atoms with Gasteiger partial charge in [-0.15, -0.1) is 0 Å². The van der Waals surface area contributed by atoms with E-state index in [-0.39, 0.29) is 0 Å². The smallest absolute Gasteiger partial charge is 0.0753 e. The first-order valence-electron chi connectivity index (χ1n) is 8.45. The fraction of sp³-hybridized carbons (Fsp3) is 0.400. The largest absolute Gasteiger partial charge is 0.269 e. The number of para-hydroxylation sites is 2. The molecule has 2 aromatic rings. The number of hydrogen-bond donors (Lipinski definition) is 0. The van der Waals surface area contributed by atoms with Gasteiger partial charge in [-0.25, -0.2) is 5.06 Å². The molecule has 0 fully saturated rings. The van der Waals surface area contributed by atoms with E-state index < -0.39 is 0 Å². The summed E-state index contributed by atoms with van der Waals surface area (Å²) in [5.74, 6) is 0. The van der Waals surface area contributed by atoms with E-state index in [2.05, 4.69) is 31.2 Å². The molecule has 22 heavy (non-hydrogen) atoms. The van der Waals surface area contributed by atoms with Crippen molar-refractivity contribution in [3.05, 3.63) is 60.7 Å². The zero-order valence-corrected chi connectivity index (χ0v) is 13.6. The van der Waals surface area contributed by atoms with Gasteiger partial charge < -0.3 is 0 Å². The molecule has 0 aromatic heterocycles. The lowest BCUT2D eigenvalue weighted by molar-refractivity contribution is 0.131. The summed E-state index contributed by atoms with van der Waals surface area (Å²) in [6.45, 7) is 3.01. The molecule has 0 amide bonds. The summed E-state index contributed by atoms with van der Waals surface area (Å²) in [7, 11) is 0. The second kappa shape index (κ2) is 10.0. The zero-order chi connectivity index (χ0) is 15.5. The van der Waals surface area contributed by atoms with Crippen LogP contribution in [0, 0.1) is 0 Å². The highest BCUT2D eigenvalue weighted by Crippen LogP contribution is 2.25. The first kappa shape index (κ1) is 16.6. The van der Waals surface area contributed by atoms with E-state index in [0.717, 1.165) is 24.4 Å². The van der Waals surface area contributed by atoms with Crippen LogP contribution in [0.3, 0.4) is 0 Å². The Balaban J connectivity index is 1.87. The topological polar surface area (TPSA) is 12.5 Å².